The molecule has 0 aromatic heterocycles. The van der Waals surface area contributed by atoms with Gasteiger partial charge in [0, 0.05) is 17.2 Å². The first-order valence-corrected chi connectivity index (χ1v) is 11.9. The second kappa shape index (κ2) is 12.3. The van der Waals surface area contributed by atoms with Crippen LogP contribution in [0.25, 0.3) is 5.57 Å². The van der Waals surface area contributed by atoms with Crippen molar-refractivity contribution in [2.45, 2.75) is 84.7 Å². The summed E-state index contributed by atoms with van der Waals surface area (Å²) in [5, 5.41) is 11.0. The lowest BCUT2D eigenvalue weighted by Gasteiger charge is -2.23. The summed E-state index contributed by atoms with van der Waals surface area (Å²) in [5.41, 5.74) is -0.0118. The van der Waals surface area contributed by atoms with Gasteiger partial charge in [0.15, 0.2) is 0 Å². The fourth-order valence-corrected chi connectivity index (χ4v) is 3.75. The maximum Gasteiger partial charge on any atom is 0.422 e. The van der Waals surface area contributed by atoms with E-state index >= 15 is 0 Å². The van der Waals surface area contributed by atoms with Crippen LogP contribution < -0.4 is 4.90 Å². The highest BCUT2D eigenvalue weighted by atomic mass is 35.5. The Morgan fingerprint density at radius 1 is 1.06 bits per heavy atom. The fraction of sp³-hybridized carbons (Fsp3) is 0.600. The number of carbonyl (C=O) groups excluding carboxylic acids is 2. The van der Waals surface area contributed by atoms with Crippen LogP contribution in [0.1, 0.15) is 84.6 Å². The summed E-state index contributed by atoms with van der Waals surface area (Å²) < 4.78 is 11.0. The molecule has 6 nitrogen and oxygen atoms in total. The van der Waals surface area contributed by atoms with E-state index in [4.69, 9.17) is 21.1 Å². The quantitative estimate of drug-likeness (QED) is 0.215. The number of benzene rings is 1. The van der Waals surface area contributed by atoms with Crippen molar-refractivity contribution in [1.29, 1.82) is 0 Å². The number of hydrogen-bond acceptors (Lipinski definition) is 5. The van der Waals surface area contributed by atoms with Crippen molar-refractivity contribution in [3.63, 3.8) is 0 Å². The fourth-order valence-electron chi connectivity index (χ4n) is 3.58. The molecule has 1 aromatic carbocycles. The van der Waals surface area contributed by atoms with Gasteiger partial charge in [0.1, 0.15) is 18.0 Å². The molecular weight excluding hydrogens is 430 g/mol. The minimum Gasteiger partial charge on any atom is -0.509 e. The molecule has 1 N–H and O–H groups in total. The van der Waals surface area contributed by atoms with Gasteiger partial charge in [0.25, 0.3) is 5.91 Å². The second-order valence-corrected chi connectivity index (χ2v) is 9.57. The zero-order valence-corrected chi connectivity index (χ0v) is 20.5. The molecule has 2 amide bonds. The van der Waals surface area contributed by atoms with E-state index in [1.807, 2.05) is 0 Å². The normalized spacial score (nSPS) is 15.2. The molecule has 0 spiro atoms. The van der Waals surface area contributed by atoms with Crippen LogP contribution in [0.3, 0.4) is 0 Å². The number of amides is 2. The monoisotopic (exact) mass is 465 g/mol. The van der Waals surface area contributed by atoms with E-state index < -0.39 is 17.6 Å². The van der Waals surface area contributed by atoms with E-state index in [1.165, 1.54) is 44.6 Å². The summed E-state index contributed by atoms with van der Waals surface area (Å²) in [6, 6.07) is 4.74. The summed E-state index contributed by atoms with van der Waals surface area (Å²) >= 11 is 6.09. The highest BCUT2D eigenvalue weighted by Crippen LogP contribution is 2.40. The van der Waals surface area contributed by atoms with Gasteiger partial charge in [-0.3, -0.25) is 4.79 Å². The molecule has 1 aliphatic rings. The number of imide groups is 1. The van der Waals surface area contributed by atoms with Gasteiger partial charge in [-0.2, -0.15) is 0 Å². The van der Waals surface area contributed by atoms with E-state index in [1.54, 1.807) is 32.9 Å². The van der Waals surface area contributed by atoms with Gasteiger partial charge in [-0.15, -0.1) is 0 Å². The number of ether oxygens (including phenoxy) is 2. The molecule has 7 heteroatoms. The van der Waals surface area contributed by atoms with Gasteiger partial charge in [0.2, 0.25) is 0 Å². The van der Waals surface area contributed by atoms with Crippen molar-refractivity contribution in [3.05, 3.63) is 34.5 Å². The Kier molecular flexibility index (Phi) is 10.0. The van der Waals surface area contributed by atoms with Gasteiger partial charge in [0.05, 0.1) is 11.3 Å². The summed E-state index contributed by atoms with van der Waals surface area (Å²) in [4.78, 5) is 26.6. The molecular formula is C25H36ClNO5. The molecule has 0 aliphatic carbocycles. The SMILES string of the molecule is CCCCCCCCCCOCC(O)=C1C(=O)N(C(=O)OC(C)(C)C)c2cc(Cl)ccc21. The van der Waals surface area contributed by atoms with Crippen LogP contribution in [0.5, 0.6) is 0 Å². The standard InChI is InChI=1S/C25H36ClNO5/c1-5-6-7-8-9-10-11-12-15-31-17-21(28)22-19-14-13-18(26)16-20(19)27(23(22)29)24(30)32-25(2,3)4/h13-14,16,28H,5-12,15,17H2,1-4H3. The third-order valence-corrected chi connectivity index (χ3v) is 5.37. The van der Waals surface area contributed by atoms with Crippen LogP contribution in [-0.2, 0) is 14.3 Å². The molecule has 0 unspecified atom stereocenters. The highest BCUT2D eigenvalue weighted by Gasteiger charge is 2.41. The molecule has 0 atom stereocenters. The average molecular weight is 466 g/mol. The Labute approximate surface area is 196 Å². The summed E-state index contributed by atoms with van der Waals surface area (Å²) in [6.07, 6.45) is 8.72. The number of nitrogens with zero attached hydrogens (tertiary/aromatic N) is 1. The van der Waals surface area contributed by atoms with Crippen LogP contribution in [0.4, 0.5) is 10.5 Å². The van der Waals surface area contributed by atoms with E-state index in [9.17, 15) is 14.7 Å². The Morgan fingerprint density at radius 2 is 1.69 bits per heavy atom. The zero-order valence-electron chi connectivity index (χ0n) is 19.7. The summed E-state index contributed by atoms with van der Waals surface area (Å²) in [7, 11) is 0. The van der Waals surface area contributed by atoms with Gasteiger partial charge in [-0.05, 0) is 39.3 Å². The van der Waals surface area contributed by atoms with Crippen molar-refractivity contribution in [2.24, 2.45) is 0 Å². The van der Waals surface area contributed by atoms with Crippen LogP contribution in [0.2, 0.25) is 5.02 Å². The van der Waals surface area contributed by atoms with Crippen molar-refractivity contribution >= 4 is 34.9 Å². The van der Waals surface area contributed by atoms with Gasteiger partial charge in [-0.25, -0.2) is 9.69 Å². The number of carbonyl (C=O) groups is 2. The molecule has 178 valence electrons. The van der Waals surface area contributed by atoms with Crippen LogP contribution >= 0.6 is 11.6 Å². The topological polar surface area (TPSA) is 76.1 Å². The van der Waals surface area contributed by atoms with Gasteiger partial charge in [-0.1, -0.05) is 69.5 Å². The first kappa shape index (κ1) is 26.2. The smallest absolute Gasteiger partial charge is 0.422 e. The maximum absolute atomic E-state index is 13.0. The minimum atomic E-state index is -0.811. The number of hydrogen-bond donors (Lipinski definition) is 1. The number of halogens is 1. The van der Waals surface area contributed by atoms with E-state index in [2.05, 4.69) is 6.92 Å². The highest BCUT2D eigenvalue weighted by molar-refractivity contribution is 6.40. The van der Waals surface area contributed by atoms with Crippen molar-refractivity contribution in [1.82, 2.24) is 0 Å². The molecule has 1 heterocycles. The van der Waals surface area contributed by atoms with E-state index in [0.29, 0.717) is 22.9 Å². The number of aliphatic hydroxyl groups is 1. The second-order valence-electron chi connectivity index (χ2n) is 9.13. The van der Waals surface area contributed by atoms with E-state index in [-0.39, 0.29) is 17.9 Å². The number of rotatable bonds is 11. The third kappa shape index (κ3) is 7.52. The van der Waals surface area contributed by atoms with Gasteiger partial charge < -0.3 is 14.6 Å². The molecule has 0 bridgehead atoms. The maximum atomic E-state index is 13.0. The molecule has 0 saturated carbocycles. The third-order valence-electron chi connectivity index (χ3n) is 5.13. The van der Waals surface area contributed by atoms with Crippen molar-refractivity contribution in [3.8, 4) is 0 Å². The van der Waals surface area contributed by atoms with Gasteiger partial charge >= 0.3 is 6.09 Å². The molecule has 32 heavy (non-hydrogen) atoms. The lowest BCUT2D eigenvalue weighted by Crippen LogP contribution is -2.38. The summed E-state index contributed by atoms with van der Waals surface area (Å²) in [6.45, 7) is 7.78. The zero-order chi connectivity index (χ0) is 23.7. The largest absolute Gasteiger partial charge is 0.509 e. The number of fused-ring (bicyclic) bond motifs is 1. The molecule has 1 aliphatic heterocycles. The Bertz CT molecular complexity index is 828. The van der Waals surface area contributed by atoms with Crippen LogP contribution in [-0.4, -0.2) is 35.9 Å². The Morgan fingerprint density at radius 3 is 2.31 bits per heavy atom. The summed E-state index contributed by atoms with van der Waals surface area (Å²) in [5.74, 6) is -0.853. The first-order valence-electron chi connectivity index (χ1n) is 11.5. The van der Waals surface area contributed by atoms with E-state index in [0.717, 1.165) is 17.7 Å². The van der Waals surface area contributed by atoms with Crippen molar-refractivity contribution in [2.75, 3.05) is 18.1 Å². The molecule has 0 saturated heterocycles. The molecule has 2 rings (SSSR count). The minimum absolute atomic E-state index is 0.0402. The lowest BCUT2D eigenvalue weighted by atomic mass is 10.1. The van der Waals surface area contributed by atoms with Crippen molar-refractivity contribution < 1.29 is 24.2 Å². The molecule has 0 radical (unpaired) electrons. The lowest BCUT2D eigenvalue weighted by molar-refractivity contribution is -0.113. The number of unbranched alkanes of at least 4 members (excludes halogenated alkanes) is 7. The number of aliphatic hydroxyl groups excluding tert-OH is 1. The molecule has 0 fully saturated rings. The van der Waals surface area contributed by atoms with Crippen LogP contribution in [0.15, 0.2) is 24.0 Å². The predicted octanol–water partition coefficient (Wildman–Crippen LogP) is 7.05. The Balaban J connectivity index is 1.98. The first-order chi connectivity index (χ1) is 15.2. The van der Waals surface area contributed by atoms with Crippen LogP contribution in [0, 0.1) is 0 Å². The average Bonchev–Trinajstić information content (AvgIpc) is 2.99. The Hall–Kier alpha value is -2.05. The number of anilines is 1. The molecule has 1 aromatic rings. The predicted molar refractivity (Wildman–Crippen MR) is 128 cm³/mol.